The van der Waals surface area contributed by atoms with Gasteiger partial charge < -0.3 is 10.4 Å². The van der Waals surface area contributed by atoms with E-state index < -0.39 is 17.4 Å². The van der Waals surface area contributed by atoms with Gasteiger partial charge in [0, 0.05) is 18.3 Å². The highest BCUT2D eigenvalue weighted by atomic mass is 16.4. The van der Waals surface area contributed by atoms with E-state index in [2.05, 4.69) is 5.32 Å². The van der Waals surface area contributed by atoms with Crippen molar-refractivity contribution in [1.29, 1.82) is 0 Å². The summed E-state index contributed by atoms with van der Waals surface area (Å²) < 4.78 is 0. The number of rotatable bonds is 5. The second kappa shape index (κ2) is 5.63. The molecule has 0 aliphatic rings. The highest BCUT2D eigenvalue weighted by Crippen LogP contribution is 2.13. The van der Waals surface area contributed by atoms with Gasteiger partial charge in [-0.1, -0.05) is 27.7 Å². The third-order valence-corrected chi connectivity index (χ3v) is 2.11. The Kier molecular flexibility index (Phi) is 5.14. The first kappa shape index (κ1) is 14.6. The van der Waals surface area contributed by atoms with E-state index in [0.29, 0.717) is 0 Å². The van der Waals surface area contributed by atoms with Crippen LogP contribution in [0.2, 0.25) is 0 Å². The second-order valence-electron chi connectivity index (χ2n) is 4.71. The number of hydrogen-bond donors (Lipinski definition) is 2. The van der Waals surface area contributed by atoms with Crippen LogP contribution in [0.25, 0.3) is 0 Å². The van der Waals surface area contributed by atoms with E-state index in [1.807, 2.05) is 0 Å². The molecule has 0 saturated carbocycles. The Hall–Kier alpha value is -1.39. The molecule has 5 nitrogen and oxygen atoms in total. The Balaban J connectivity index is 4.53. The Morgan fingerprint density at radius 3 is 2.06 bits per heavy atom. The molecule has 0 radical (unpaired) electrons. The minimum absolute atomic E-state index is 0.159. The summed E-state index contributed by atoms with van der Waals surface area (Å²) in [5, 5.41) is 11.2. The van der Waals surface area contributed by atoms with E-state index in [1.54, 1.807) is 27.7 Å². The molecule has 92 valence electrons. The van der Waals surface area contributed by atoms with Crippen LogP contribution in [0.15, 0.2) is 0 Å². The van der Waals surface area contributed by atoms with Crippen molar-refractivity contribution in [3.63, 3.8) is 0 Å². The van der Waals surface area contributed by atoms with Crippen LogP contribution in [0, 0.1) is 5.41 Å². The van der Waals surface area contributed by atoms with E-state index in [-0.39, 0.29) is 24.5 Å². The third-order valence-electron chi connectivity index (χ3n) is 2.11. The summed E-state index contributed by atoms with van der Waals surface area (Å²) >= 11 is 0. The van der Waals surface area contributed by atoms with Gasteiger partial charge in [0.1, 0.15) is 11.8 Å². The Bertz CT molecular complexity index is 291. The predicted molar refractivity (Wildman–Crippen MR) is 58.9 cm³/mol. The quantitative estimate of drug-likeness (QED) is 0.735. The topological polar surface area (TPSA) is 83.5 Å². The lowest BCUT2D eigenvalue weighted by molar-refractivity contribution is -0.144. The molecule has 0 heterocycles. The van der Waals surface area contributed by atoms with Crippen molar-refractivity contribution in [1.82, 2.24) is 5.32 Å². The lowest BCUT2D eigenvalue weighted by Gasteiger charge is -2.21. The van der Waals surface area contributed by atoms with Gasteiger partial charge in [0.15, 0.2) is 0 Å². The van der Waals surface area contributed by atoms with Gasteiger partial charge in [-0.25, -0.2) is 4.79 Å². The van der Waals surface area contributed by atoms with Crippen molar-refractivity contribution in [3.05, 3.63) is 0 Å². The van der Waals surface area contributed by atoms with Gasteiger partial charge in [0.05, 0.1) is 0 Å². The van der Waals surface area contributed by atoms with Crippen LogP contribution in [-0.4, -0.2) is 28.8 Å². The van der Waals surface area contributed by atoms with Crippen LogP contribution in [0.5, 0.6) is 0 Å². The van der Waals surface area contributed by atoms with E-state index in [4.69, 9.17) is 5.11 Å². The number of Topliss-reactive ketones (excluding diaryl/α,β-unsaturated/α-hetero) is 1. The molecule has 0 aromatic rings. The lowest BCUT2D eigenvalue weighted by Crippen LogP contribution is -2.46. The van der Waals surface area contributed by atoms with Gasteiger partial charge in [-0.3, -0.25) is 9.59 Å². The largest absolute Gasteiger partial charge is 0.480 e. The molecular weight excluding hydrogens is 210 g/mol. The third kappa shape index (κ3) is 4.91. The molecule has 0 aliphatic heterocycles. The highest BCUT2D eigenvalue weighted by Gasteiger charge is 2.28. The zero-order valence-corrected chi connectivity index (χ0v) is 10.2. The molecule has 16 heavy (non-hydrogen) atoms. The van der Waals surface area contributed by atoms with Crippen LogP contribution in [0.3, 0.4) is 0 Å². The summed E-state index contributed by atoms with van der Waals surface area (Å²) in [5.41, 5.74) is -0.664. The summed E-state index contributed by atoms with van der Waals surface area (Å²) in [6.45, 7) is 6.71. The van der Waals surface area contributed by atoms with Crippen molar-refractivity contribution in [2.75, 3.05) is 0 Å². The van der Waals surface area contributed by atoms with Crippen molar-refractivity contribution in [2.24, 2.45) is 5.41 Å². The van der Waals surface area contributed by atoms with Gasteiger partial charge in [-0.15, -0.1) is 0 Å². The number of ketones is 1. The van der Waals surface area contributed by atoms with Crippen LogP contribution < -0.4 is 5.32 Å². The molecule has 0 rings (SSSR count). The summed E-state index contributed by atoms with van der Waals surface area (Å²) in [7, 11) is 0. The summed E-state index contributed by atoms with van der Waals surface area (Å²) in [6, 6.07) is -1.13. The fourth-order valence-electron chi connectivity index (χ4n) is 0.947. The minimum atomic E-state index is -1.18. The number of hydrogen-bond acceptors (Lipinski definition) is 3. The number of carbonyl (C=O) groups is 3. The summed E-state index contributed by atoms with van der Waals surface area (Å²) in [5.74, 6) is -1.73. The number of nitrogens with one attached hydrogen (secondary N) is 1. The molecule has 0 aliphatic carbocycles. The average molecular weight is 229 g/mol. The molecule has 0 aromatic carbocycles. The lowest BCUT2D eigenvalue weighted by atomic mass is 9.94. The first-order chi connectivity index (χ1) is 7.18. The molecule has 1 amide bonds. The van der Waals surface area contributed by atoms with Crippen molar-refractivity contribution < 1.29 is 19.5 Å². The molecular formula is C11H19NO4. The molecule has 0 aromatic heterocycles. The Morgan fingerprint density at radius 2 is 1.75 bits per heavy atom. The number of aliphatic carboxylic acids is 1. The predicted octanol–water partition coefficient (Wildman–Crippen LogP) is 0.971. The zero-order valence-electron chi connectivity index (χ0n) is 10.2. The number of carboxylic acids is 1. The molecule has 5 heteroatoms. The summed E-state index contributed by atoms with van der Waals surface area (Å²) in [4.78, 5) is 33.6. The standard InChI is InChI=1S/C11H19NO4/c1-5-7(13)6-8(9(14)15)12-10(16)11(2,3)4/h8H,5-6H2,1-4H3,(H,12,16)(H,14,15). The smallest absolute Gasteiger partial charge is 0.326 e. The fraction of sp³-hybridized carbons (Fsp3) is 0.727. The van der Waals surface area contributed by atoms with Gasteiger partial charge in [-0.05, 0) is 0 Å². The number of carbonyl (C=O) groups excluding carboxylic acids is 2. The Labute approximate surface area is 95.2 Å². The molecule has 2 N–H and O–H groups in total. The minimum Gasteiger partial charge on any atom is -0.480 e. The van der Waals surface area contributed by atoms with Crippen LogP contribution in [0.4, 0.5) is 0 Å². The average Bonchev–Trinajstić information content (AvgIpc) is 2.14. The van der Waals surface area contributed by atoms with E-state index >= 15 is 0 Å². The maximum atomic E-state index is 11.6. The fourth-order valence-corrected chi connectivity index (χ4v) is 0.947. The zero-order chi connectivity index (χ0) is 12.9. The van der Waals surface area contributed by atoms with Gasteiger partial charge in [-0.2, -0.15) is 0 Å². The first-order valence-electron chi connectivity index (χ1n) is 5.24. The molecule has 0 bridgehead atoms. The summed E-state index contributed by atoms with van der Waals surface area (Å²) in [6.07, 6.45) is 0.114. The molecule has 1 unspecified atom stereocenters. The second-order valence-corrected chi connectivity index (χ2v) is 4.71. The normalized spacial score (nSPS) is 13.0. The maximum Gasteiger partial charge on any atom is 0.326 e. The van der Waals surface area contributed by atoms with Crippen LogP contribution in [-0.2, 0) is 14.4 Å². The molecule has 0 fully saturated rings. The van der Waals surface area contributed by atoms with Crippen molar-refractivity contribution in [2.45, 2.75) is 46.6 Å². The number of carboxylic acid groups (broad SMARTS) is 1. The SMILES string of the molecule is CCC(=O)CC(NC(=O)C(C)(C)C)C(=O)O. The monoisotopic (exact) mass is 229 g/mol. The van der Waals surface area contributed by atoms with Gasteiger partial charge >= 0.3 is 5.97 Å². The maximum absolute atomic E-state index is 11.6. The number of amides is 1. The van der Waals surface area contributed by atoms with Crippen LogP contribution in [0.1, 0.15) is 40.5 Å². The molecule has 0 saturated heterocycles. The highest BCUT2D eigenvalue weighted by molar-refractivity contribution is 5.90. The van der Waals surface area contributed by atoms with Crippen molar-refractivity contribution >= 4 is 17.7 Å². The van der Waals surface area contributed by atoms with E-state index in [9.17, 15) is 14.4 Å². The molecule has 0 spiro atoms. The van der Waals surface area contributed by atoms with Crippen molar-refractivity contribution in [3.8, 4) is 0 Å². The molecule has 1 atom stereocenters. The van der Waals surface area contributed by atoms with Gasteiger partial charge in [0.2, 0.25) is 5.91 Å². The first-order valence-corrected chi connectivity index (χ1v) is 5.24. The van der Waals surface area contributed by atoms with E-state index in [1.165, 1.54) is 0 Å². The van der Waals surface area contributed by atoms with Gasteiger partial charge in [0.25, 0.3) is 0 Å². The van der Waals surface area contributed by atoms with Crippen LogP contribution >= 0.6 is 0 Å². The van der Waals surface area contributed by atoms with E-state index in [0.717, 1.165) is 0 Å². The Morgan fingerprint density at radius 1 is 1.25 bits per heavy atom.